The lowest BCUT2D eigenvalue weighted by molar-refractivity contribution is -0.161. The van der Waals surface area contributed by atoms with Crippen LogP contribution < -0.4 is 0 Å². The van der Waals surface area contributed by atoms with Gasteiger partial charge in [-0.25, -0.2) is 4.79 Å². The van der Waals surface area contributed by atoms with Crippen LogP contribution in [0.2, 0.25) is 0 Å². The maximum Gasteiger partial charge on any atom is 0.337 e. The SMILES string of the molecule is COC(=O)C(C)(O)CCCC(C)C. The Kier molecular flexibility index (Phi) is 4.99. The molecule has 3 heteroatoms. The lowest BCUT2D eigenvalue weighted by atomic mass is 9.96. The number of esters is 1. The molecule has 0 saturated heterocycles. The molecule has 0 bridgehead atoms. The molecule has 13 heavy (non-hydrogen) atoms. The maximum absolute atomic E-state index is 11.0. The van der Waals surface area contributed by atoms with Gasteiger partial charge in [0, 0.05) is 0 Å². The van der Waals surface area contributed by atoms with Gasteiger partial charge in [0.15, 0.2) is 5.60 Å². The van der Waals surface area contributed by atoms with E-state index in [2.05, 4.69) is 18.6 Å². The number of carbonyl (C=O) groups excluding carboxylic acids is 1. The fourth-order valence-corrected chi connectivity index (χ4v) is 1.18. The molecule has 0 saturated carbocycles. The monoisotopic (exact) mass is 188 g/mol. The summed E-state index contributed by atoms with van der Waals surface area (Å²) in [7, 11) is 1.29. The van der Waals surface area contributed by atoms with E-state index in [1.165, 1.54) is 14.0 Å². The predicted octanol–water partition coefficient (Wildman–Crippen LogP) is 1.74. The van der Waals surface area contributed by atoms with Crippen LogP contribution in [0.25, 0.3) is 0 Å². The summed E-state index contributed by atoms with van der Waals surface area (Å²) in [5, 5.41) is 9.62. The molecule has 0 aliphatic rings. The van der Waals surface area contributed by atoms with Crippen molar-refractivity contribution in [2.75, 3.05) is 7.11 Å². The van der Waals surface area contributed by atoms with Crippen molar-refractivity contribution < 1.29 is 14.6 Å². The zero-order chi connectivity index (χ0) is 10.5. The number of hydrogen-bond donors (Lipinski definition) is 1. The standard InChI is InChI=1S/C10H20O3/c1-8(2)6-5-7-10(3,12)9(11)13-4/h8,12H,5-7H2,1-4H3. The first-order valence-electron chi connectivity index (χ1n) is 4.71. The van der Waals surface area contributed by atoms with Crippen LogP contribution in [0.15, 0.2) is 0 Å². The first-order valence-corrected chi connectivity index (χ1v) is 4.71. The van der Waals surface area contributed by atoms with Gasteiger partial charge in [0.25, 0.3) is 0 Å². The fraction of sp³-hybridized carbons (Fsp3) is 0.900. The van der Waals surface area contributed by atoms with E-state index in [4.69, 9.17) is 0 Å². The van der Waals surface area contributed by atoms with Crippen LogP contribution >= 0.6 is 0 Å². The average molecular weight is 188 g/mol. The Labute approximate surface area is 80.1 Å². The van der Waals surface area contributed by atoms with Gasteiger partial charge in [-0.15, -0.1) is 0 Å². The zero-order valence-electron chi connectivity index (χ0n) is 8.96. The topological polar surface area (TPSA) is 46.5 Å². The van der Waals surface area contributed by atoms with E-state index in [0.717, 1.165) is 12.8 Å². The molecule has 78 valence electrons. The van der Waals surface area contributed by atoms with Crippen molar-refractivity contribution in [2.45, 2.75) is 45.6 Å². The highest BCUT2D eigenvalue weighted by molar-refractivity contribution is 5.78. The second-order valence-corrected chi connectivity index (χ2v) is 4.05. The Hall–Kier alpha value is -0.570. The number of aliphatic hydroxyl groups is 1. The molecule has 3 nitrogen and oxygen atoms in total. The summed E-state index contributed by atoms with van der Waals surface area (Å²) in [5.74, 6) is 0.0599. The minimum atomic E-state index is -1.32. The smallest absolute Gasteiger partial charge is 0.337 e. The highest BCUT2D eigenvalue weighted by Crippen LogP contribution is 2.17. The van der Waals surface area contributed by atoms with Gasteiger partial charge < -0.3 is 9.84 Å². The quantitative estimate of drug-likeness (QED) is 0.668. The summed E-state index contributed by atoms with van der Waals surface area (Å²) < 4.78 is 4.48. The molecular formula is C10H20O3. The van der Waals surface area contributed by atoms with Crippen LogP contribution in [0.3, 0.4) is 0 Å². The van der Waals surface area contributed by atoms with Crippen LogP contribution in [-0.4, -0.2) is 23.8 Å². The van der Waals surface area contributed by atoms with Crippen LogP contribution in [-0.2, 0) is 9.53 Å². The van der Waals surface area contributed by atoms with Crippen molar-refractivity contribution in [1.82, 2.24) is 0 Å². The zero-order valence-corrected chi connectivity index (χ0v) is 8.96. The normalized spacial score (nSPS) is 15.5. The molecule has 0 radical (unpaired) electrons. The molecule has 0 fully saturated rings. The van der Waals surface area contributed by atoms with E-state index >= 15 is 0 Å². The van der Waals surface area contributed by atoms with Crippen molar-refractivity contribution in [3.8, 4) is 0 Å². The Balaban J connectivity index is 3.82. The van der Waals surface area contributed by atoms with Crippen LogP contribution in [0.4, 0.5) is 0 Å². The van der Waals surface area contributed by atoms with E-state index in [1.54, 1.807) is 0 Å². The first-order chi connectivity index (χ1) is 5.90. The molecule has 0 aliphatic heterocycles. The second-order valence-electron chi connectivity index (χ2n) is 4.05. The van der Waals surface area contributed by atoms with E-state index < -0.39 is 11.6 Å². The molecule has 0 heterocycles. The van der Waals surface area contributed by atoms with Crippen molar-refractivity contribution >= 4 is 5.97 Å². The van der Waals surface area contributed by atoms with Crippen molar-refractivity contribution in [2.24, 2.45) is 5.92 Å². The van der Waals surface area contributed by atoms with Crippen molar-refractivity contribution in [3.05, 3.63) is 0 Å². The van der Waals surface area contributed by atoms with Gasteiger partial charge >= 0.3 is 5.97 Å². The molecule has 0 amide bonds. The second kappa shape index (κ2) is 5.22. The Morgan fingerprint density at radius 3 is 2.46 bits per heavy atom. The number of rotatable bonds is 5. The molecule has 1 unspecified atom stereocenters. The number of carbonyl (C=O) groups is 1. The van der Waals surface area contributed by atoms with Crippen molar-refractivity contribution in [3.63, 3.8) is 0 Å². The van der Waals surface area contributed by atoms with Crippen LogP contribution in [0.1, 0.15) is 40.0 Å². The molecule has 0 aliphatic carbocycles. The highest BCUT2D eigenvalue weighted by atomic mass is 16.5. The average Bonchev–Trinajstić information content (AvgIpc) is 2.01. The molecule has 0 aromatic rings. The predicted molar refractivity (Wildman–Crippen MR) is 51.3 cm³/mol. The number of ether oxygens (including phenoxy) is 1. The molecule has 0 aromatic heterocycles. The third-order valence-corrected chi connectivity index (χ3v) is 2.07. The van der Waals surface area contributed by atoms with Gasteiger partial charge in [0.2, 0.25) is 0 Å². The number of hydrogen-bond acceptors (Lipinski definition) is 3. The van der Waals surface area contributed by atoms with E-state index in [9.17, 15) is 9.90 Å². The molecule has 1 N–H and O–H groups in total. The summed E-state index contributed by atoms with van der Waals surface area (Å²) in [6.45, 7) is 5.73. The molecule has 0 spiro atoms. The van der Waals surface area contributed by atoms with Gasteiger partial charge in [-0.05, 0) is 25.7 Å². The first kappa shape index (κ1) is 12.4. The highest BCUT2D eigenvalue weighted by Gasteiger charge is 2.30. The molecule has 1 atom stereocenters. The lowest BCUT2D eigenvalue weighted by Crippen LogP contribution is -2.36. The third-order valence-electron chi connectivity index (χ3n) is 2.07. The molecule has 0 rings (SSSR count). The van der Waals surface area contributed by atoms with E-state index in [-0.39, 0.29) is 0 Å². The van der Waals surface area contributed by atoms with E-state index in [1.807, 2.05) is 0 Å². The van der Waals surface area contributed by atoms with Gasteiger partial charge in [-0.3, -0.25) is 0 Å². The number of methoxy groups -OCH3 is 1. The lowest BCUT2D eigenvalue weighted by Gasteiger charge is -2.20. The summed E-state index contributed by atoms with van der Waals surface area (Å²) in [6.07, 6.45) is 2.34. The molecule has 0 aromatic carbocycles. The van der Waals surface area contributed by atoms with Gasteiger partial charge in [-0.2, -0.15) is 0 Å². The van der Waals surface area contributed by atoms with Gasteiger partial charge in [0.1, 0.15) is 0 Å². The third kappa shape index (κ3) is 4.88. The Morgan fingerprint density at radius 2 is 2.08 bits per heavy atom. The van der Waals surface area contributed by atoms with E-state index in [0.29, 0.717) is 12.3 Å². The minimum absolute atomic E-state index is 0.470. The summed E-state index contributed by atoms with van der Waals surface area (Å²) >= 11 is 0. The Bertz CT molecular complexity index is 162. The van der Waals surface area contributed by atoms with Crippen molar-refractivity contribution in [1.29, 1.82) is 0 Å². The van der Waals surface area contributed by atoms with Crippen LogP contribution in [0, 0.1) is 5.92 Å². The maximum atomic E-state index is 11.0. The summed E-state index contributed by atoms with van der Waals surface area (Å²) in [5.41, 5.74) is -1.32. The largest absolute Gasteiger partial charge is 0.467 e. The van der Waals surface area contributed by atoms with Crippen LogP contribution in [0.5, 0.6) is 0 Å². The summed E-state index contributed by atoms with van der Waals surface area (Å²) in [6, 6.07) is 0. The molecular weight excluding hydrogens is 168 g/mol. The minimum Gasteiger partial charge on any atom is -0.467 e. The van der Waals surface area contributed by atoms with Gasteiger partial charge in [0.05, 0.1) is 7.11 Å². The van der Waals surface area contributed by atoms with Gasteiger partial charge in [-0.1, -0.05) is 20.3 Å². The fourth-order valence-electron chi connectivity index (χ4n) is 1.18. The Morgan fingerprint density at radius 1 is 1.54 bits per heavy atom. The summed E-state index contributed by atoms with van der Waals surface area (Å²) in [4.78, 5) is 11.0.